The van der Waals surface area contributed by atoms with Crippen LogP contribution in [0.25, 0.3) is 11.3 Å². The summed E-state index contributed by atoms with van der Waals surface area (Å²) in [6, 6.07) is 10.9. The second-order valence-corrected chi connectivity index (χ2v) is 9.40. The zero-order chi connectivity index (χ0) is 27.3. The molecule has 1 aromatic heterocycles. The number of anilines is 3. The topological polar surface area (TPSA) is 124 Å². The molecule has 3 aromatic rings. The fraction of sp³-hybridized carbons (Fsp3) is 0.286. The molecule has 1 aliphatic rings. The third-order valence-electron chi connectivity index (χ3n) is 5.36. The molecule has 0 aliphatic carbocycles. The lowest BCUT2D eigenvalue weighted by Crippen LogP contribution is -2.32. The zero-order valence-corrected chi connectivity index (χ0v) is 21.9. The van der Waals surface area contributed by atoms with Gasteiger partial charge < -0.3 is 30.2 Å². The molecular weight excluding hydrogens is 486 g/mol. The summed E-state index contributed by atoms with van der Waals surface area (Å²) in [5.41, 5.74) is 3.51. The number of rotatable bonds is 5. The van der Waals surface area contributed by atoms with Crippen molar-refractivity contribution in [3.05, 3.63) is 53.7 Å². The number of hydrogen-bond acceptors (Lipinski definition) is 8. The quantitative estimate of drug-likeness (QED) is 0.431. The number of amides is 2. The van der Waals surface area contributed by atoms with E-state index in [1.54, 1.807) is 59.4 Å². The maximum atomic E-state index is 12.6. The molecule has 0 spiro atoms. The normalized spacial score (nSPS) is 12.0. The van der Waals surface area contributed by atoms with E-state index in [4.69, 9.17) is 19.2 Å². The van der Waals surface area contributed by atoms with Gasteiger partial charge in [-0.1, -0.05) is 11.8 Å². The predicted molar refractivity (Wildman–Crippen MR) is 144 cm³/mol. The van der Waals surface area contributed by atoms with Crippen LogP contribution in [0.2, 0.25) is 0 Å². The Bertz CT molecular complexity index is 1440. The van der Waals surface area contributed by atoms with Crippen LogP contribution < -0.4 is 25.4 Å². The van der Waals surface area contributed by atoms with Crippen LogP contribution in [0, 0.1) is 11.8 Å². The van der Waals surface area contributed by atoms with E-state index in [1.165, 1.54) is 0 Å². The number of nitrogens with zero attached hydrogens (tertiary/aromatic N) is 2. The van der Waals surface area contributed by atoms with E-state index in [-0.39, 0.29) is 18.9 Å². The Morgan fingerprint density at radius 1 is 1.11 bits per heavy atom. The Morgan fingerprint density at radius 2 is 1.89 bits per heavy atom. The van der Waals surface area contributed by atoms with Crippen LogP contribution in [0.15, 0.2) is 42.6 Å². The van der Waals surface area contributed by atoms with Crippen molar-refractivity contribution in [1.29, 1.82) is 0 Å². The number of carbonyl (C=O) groups is 2. The van der Waals surface area contributed by atoms with Crippen LogP contribution in [-0.2, 0) is 16.0 Å². The second kappa shape index (κ2) is 11.1. The Kier molecular flexibility index (Phi) is 7.67. The van der Waals surface area contributed by atoms with E-state index in [0.29, 0.717) is 40.0 Å². The van der Waals surface area contributed by atoms with Crippen LogP contribution >= 0.6 is 0 Å². The van der Waals surface area contributed by atoms with Gasteiger partial charge in [-0.05, 0) is 51.1 Å². The number of ether oxygens (including phenoxy) is 3. The lowest BCUT2D eigenvalue weighted by atomic mass is 10.0. The smallest absolute Gasteiger partial charge is 0.408 e. The third kappa shape index (κ3) is 6.50. The van der Waals surface area contributed by atoms with Crippen LogP contribution in [0.1, 0.15) is 31.9 Å². The number of nitrogens with one attached hydrogen (secondary N) is 3. The molecule has 0 saturated heterocycles. The molecule has 0 fully saturated rings. The number of methoxy groups -OCH3 is 2. The second-order valence-electron chi connectivity index (χ2n) is 9.40. The van der Waals surface area contributed by atoms with Gasteiger partial charge in [-0.3, -0.25) is 4.79 Å². The molecule has 2 aromatic carbocycles. The lowest BCUT2D eigenvalue weighted by molar-refractivity contribution is -0.115. The molecule has 4 rings (SSSR count). The first-order chi connectivity index (χ1) is 18.1. The van der Waals surface area contributed by atoms with Crippen LogP contribution in [0.3, 0.4) is 0 Å². The highest BCUT2D eigenvalue weighted by atomic mass is 16.6. The van der Waals surface area contributed by atoms with Crippen molar-refractivity contribution in [1.82, 2.24) is 15.3 Å². The highest BCUT2D eigenvalue weighted by Crippen LogP contribution is 2.35. The van der Waals surface area contributed by atoms with Crippen molar-refractivity contribution in [3.8, 4) is 34.6 Å². The summed E-state index contributed by atoms with van der Waals surface area (Å²) >= 11 is 0. The minimum atomic E-state index is -0.580. The fourth-order valence-corrected chi connectivity index (χ4v) is 3.75. The standard InChI is InChI=1S/C28H29N5O5/c1-28(2,3)38-27(35)29-12-6-7-17-8-10-20-21(13-17)32-24(34)14-18-16-30-26(33-25(18)20)31-19-9-11-22(36-4)23(15-19)37-5/h8-11,13,15-16H,12,14H2,1-5H3,(H,29,35)(H,32,34)(H,30,31,33). The van der Waals surface area contributed by atoms with Crippen LogP contribution in [-0.4, -0.2) is 48.3 Å². The number of carbonyl (C=O) groups excluding carboxylic acids is 2. The molecule has 10 heteroatoms. The summed E-state index contributed by atoms with van der Waals surface area (Å²) in [4.78, 5) is 33.5. The number of hydrogen-bond donors (Lipinski definition) is 3. The van der Waals surface area contributed by atoms with Crippen LogP contribution in [0.5, 0.6) is 11.5 Å². The lowest BCUT2D eigenvalue weighted by Gasteiger charge is -2.19. The van der Waals surface area contributed by atoms with Gasteiger partial charge in [0, 0.05) is 34.6 Å². The molecule has 0 saturated carbocycles. The molecule has 196 valence electrons. The molecule has 0 atom stereocenters. The van der Waals surface area contributed by atoms with E-state index in [0.717, 1.165) is 11.3 Å². The minimum absolute atomic E-state index is 0.125. The molecule has 2 heterocycles. The molecule has 10 nitrogen and oxygen atoms in total. The van der Waals surface area contributed by atoms with E-state index in [9.17, 15) is 9.59 Å². The molecular formula is C28H29N5O5. The highest BCUT2D eigenvalue weighted by molar-refractivity contribution is 6.00. The SMILES string of the molecule is COc1ccc(Nc2ncc3c(n2)-c2ccc(C#CCNC(=O)OC(C)(C)C)cc2NC(=O)C3)cc1OC. The van der Waals surface area contributed by atoms with Crippen molar-refractivity contribution < 1.29 is 23.8 Å². The van der Waals surface area contributed by atoms with Crippen molar-refractivity contribution >= 4 is 29.3 Å². The average molecular weight is 516 g/mol. The minimum Gasteiger partial charge on any atom is -0.493 e. The van der Waals surface area contributed by atoms with Gasteiger partial charge in [0.1, 0.15) is 5.60 Å². The molecule has 38 heavy (non-hydrogen) atoms. The molecule has 0 bridgehead atoms. The van der Waals surface area contributed by atoms with Crippen molar-refractivity contribution in [2.24, 2.45) is 0 Å². The Morgan fingerprint density at radius 3 is 2.63 bits per heavy atom. The van der Waals surface area contributed by atoms with Gasteiger partial charge in [-0.15, -0.1) is 0 Å². The van der Waals surface area contributed by atoms with Crippen molar-refractivity contribution in [2.45, 2.75) is 32.8 Å². The van der Waals surface area contributed by atoms with Gasteiger partial charge in [0.05, 0.1) is 38.6 Å². The highest BCUT2D eigenvalue weighted by Gasteiger charge is 2.21. The summed E-state index contributed by atoms with van der Waals surface area (Å²) < 4.78 is 15.9. The summed E-state index contributed by atoms with van der Waals surface area (Å²) in [5, 5.41) is 8.71. The Labute approximate surface area is 221 Å². The van der Waals surface area contributed by atoms with Gasteiger partial charge in [0.25, 0.3) is 0 Å². The zero-order valence-electron chi connectivity index (χ0n) is 21.9. The summed E-state index contributed by atoms with van der Waals surface area (Å²) in [5.74, 6) is 7.27. The third-order valence-corrected chi connectivity index (χ3v) is 5.36. The van der Waals surface area contributed by atoms with Gasteiger partial charge in [0.15, 0.2) is 11.5 Å². The summed E-state index contributed by atoms with van der Waals surface area (Å²) in [7, 11) is 3.14. The fourth-order valence-electron chi connectivity index (χ4n) is 3.75. The van der Waals surface area contributed by atoms with E-state index in [1.807, 2.05) is 18.2 Å². The van der Waals surface area contributed by atoms with Crippen LogP contribution in [0.4, 0.5) is 22.1 Å². The maximum absolute atomic E-state index is 12.6. The first-order valence-electron chi connectivity index (χ1n) is 11.9. The number of fused-ring (bicyclic) bond motifs is 3. The average Bonchev–Trinajstić information content (AvgIpc) is 3.00. The Balaban J connectivity index is 1.56. The molecule has 2 amide bonds. The maximum Gasteiger partial charge on any atom is 0.408 e. The van der Waals surface area contributed by atoms with Gasteiger partial charge in [-0.2, -0.15) is 0 Å². The van der Waals surface area contributed by atoms with E-state index < -0.39 is 11.7 Å². The summed E-state index contributed by atoms with van der Waals surface area (Å²) in [6.45, 7) is 5.50. The van der Waals surface area contributed by atoms with E-state index in [2.05, 4.69) is 32.8 Å². The largest absolute Gasteiger partial charge is 0.493 e. The molecule has 0 radical (unpaired) electrons. The molecule has 1 aliphatic heterocycles. The number of alkyl carbamates (subject to hydrolysis) is 1. The first kappa shape index (κ1) is 26.3. The van der Waals surface area contributed by atoms with Gasteiger partial charge in [0.2, 0.25) is 11.9 Å². The molecule has 0 unspecified atom stereocenters. The van der Waals surface area contributed by atoms with Crippen molar-refractivity contribution in [2.75, 3.05) is 31.4 Å². The predicted octanol–water partition coefficient (Wildman–Crippen LogP) is 4.28. The number of aromatic nitrogens is 2. The number of benzene rings is 2. The van der Waals surface area contributed by atoms with Crippen molar-refractivity contribution in [3.63, 3.8) is 0 Å². The van der Waals surface area contributed by atoms with Gasteiger partial charge in [-0.25, -0.2) is 14.8 Å². The molecule has 3 N–H and O–H groups in total. The first-order valence-corrected chi connectivity index (χ1v) is 11.9. The monoisotopic (exact) mass is 515 g/mol. The summed E-state index contributed by atoms with van der Waals surface area (Å²) in [6.07, 6.45) is 1.26. The van der Waals surface area contributed by atoms with Gasteiger partial charge >= 0.3 is 6.09 Å². The van der Waals surface area contributed by atoms with E-state index >= 15 is 0 Å². The Hall–Kier alpha value is -4.78.